The molecule has 21 heavy (non-hydrogen) atoms. The number of nitrogens with one attached hydrogen (secondary N) is 2. The molecule has 1 saturated heterocycles. The van der Waals surface area contributed by atoms with Gasteiger partial charge in [-0.25, -0.2) is 0 Å². The van der Waals surface area contributed by atoms with E-state index in [-0.39, 0.29) is 0 Å². The minimum Gasteiger partial charge on any atom is -0.314 e. The van der Waals surface area contributed by atoms with E-state index in [0.717, 1.165) is 11.1 Å². The summed E-state index contributed by atoms with van der Waals surface area (Å²) in [5, 5.41) is 4.06. The molecule has 112 valence electrons. The summed E-state index contributed by atoms with van der Waals surface area (Å²) in [6, 6.07) is 9.35. The summed E-state index contributed by atoms with van der Waals surface area (Å²) >= 11 is 0. The van der Waals surface area contributed by atoms with Crippen LogP contribution in [0.2, 0.25) is 0 Å². The van der Waals surface area contributed by atoms with Crippen LogP contribution in [-0.2, 0) is 10.2 Å². The molecule has 1 aromatic carbocycles. The Kier molecular flexibility index (Phi) is 3.79. The van der Waals surface area contributed by atoms with Crippen molar-refractivity contribution in [3.8, 4) is 0 Å². The summed E-state index contributed by atoms with van der Waals surface area (Å²) in [5.41, 5.74) is 2.06. The topological polar surface area (TPSA) is 74.3 Å². The van der Waals surface area contributed by atoms with Crippen molar-refractivity contribution in [3.05, 3.63) is 36.0 Å². The molecule has 0 aliphatic carbocycles. The summed E-state index contributed by atoms with van der Waals surface area (Å²) in [7, 11) is -3.54. The maximum absolute atomic E-state index is 12.4. The number of para-hydroxylation sites is 1. The Labute approximate surface area is 124 Å². The van der Waals surface area contributed by atoms with Gasteiger partial charge in [-0.3, -0.25) is 9.71 Å². The van der Waals surface area contributed by atoms with Crippen LogP contribution in [0, 0.1) is 6.92 Å². The molecule has 2 aromatic rings. The summed E-state index contributed by atoms with van der Waals surface area (Å²) in [6.45, 7) is 4.20. The molecule has 0 spiro atoms. The fourth-order valence-corrected chi connectivity index (χ4v) is 3.65. The van der Waals surface area contributed by atoms with E-state index in [9.17, 15) is 8.42 Å². The maximum Gasteiger partial charge on any atom is 0.301 e. The smallest absolute Gasteiger partial charge is 0.301 e. The molecule has 1 fully saturated rings. The number of pyridine rings is 1. The first-order valence-corrected chi connectivity index (χ1v) is 8.35. The normalized spacial score (nSPS) is 17.0. The van der Waals surface area contributed by atoms with E-state index in [1.807, 2.05) is 31.2 Å². The standard InChI is InChI=1S/C14H18N4O2S/c1-11-5-6-12-3-2-4-13(14(12)16-11)17-21(19,20)18-9-7-15-8-10-18/h2-6,15,17H,7-10H2,1H3. The average molecular weight is 306 g/mol. The van der Waals surface area contributed by atoms with Crippen molar-refractivity contribution in [3.63, 3.8) is 0 Å². The summed E-state index contributed by atoms with van der Waals surface area (Å²) in [6.07, 6.45) is 0. The van der Waals surface area contributed by atoms with Crippen LogP contribution < -0.4 is 10.0 Å². The second-order valence-electron chi connectivity index (χ2n) is 5.09. The number of benzene rings is 1. The Morgan fingerprint density at radius 3 is 2.71 bits per heavy atom. The number of aromatic nitrogens is 1. The Morgan fingerprint density at radius 2 is 1.95 bits per heavy atom. The van der Waals surface area contributed by atoms with Gasteiger partial charge in [-0.05, 0) is 19.1 Å². The predicted octanol–water partition coefficient (Wildman–Crippen LogP) is 1.11. The minimum atomic E-state index is -3.54. The second kappa shape index (κ2) is 5.59. The van der Waals surface area contributed by atoms with Gasteiger partial charge in [0.15, 0.2) is 0 Å². The van der Waals surface area contributed by atoms with Gasteiger partial charge in [-0.2, -0.15) is 12.7 Å². The van der Waals surface area contributed by atoms with Crippen LogP contribution in [0.1, 0.15) is 5.69 Å². The van der Waals surface area contributed by atoms with Crippen LogP contribution in [0.4, 0.5) is 5.69 Å². The average Bonchev–Trinajstić information content (AvgIpc) is 2.48. The lowest BCUT2D eigenvalue weighted by Gasteiger charge is -2.27. The number of rotatable bonds is 3. The fraction of sp³-hybridized carbons (Fsp3) is 0.357. The van der Waals surface area contributed by atoms with Gasteiger partial charge < -0.3 is 5.32 Å². The highest BCUT2D eigenvalue weighted by molar-refractivity contribution is 7.90. The Morgan fingerprint density at radius 1 is 1.19 bits per heavy atom. The predicted molar refractivity (Wildman–Crippen MR) is 83.5 cm³/mol. The van der Waals surface area contributed by atoms with Gasteiger partial charge >= 0.3 is 10.2 Å². The molecule has 0 radical (unpaired) electrons. The molecule has 0 amide bonds. The molecule has 1 aliphatic rings. The third kappa shape index (κ3) is 2.99. The zero-order valence-corrected chi connectivity index (χ0v) is 12.7. The van der Waals surface area contributed by atoms with Gasteiger partial charge in [0.1, 0.15) is 0 Å². The highest BCUT2D eigenvalue weighted by Gasteiger charge is 2.24. The molecule has 2 N–H and O–H groups in total. The molecule has 0 bridgehead atoms. The van der Waals surface area contributed by atoms with Gasteiger partial charge in [0.05, 0.1) is 11.2 Å². The molecule has 1 aromatic heterocycles. The lowest BCUT2D eigenvalue weighted by molar-refractivity contribution is 0.362. The number of nitrogens with zero attached hydrogens (tertiary/aromatic N) is 2. The van der Waals surface area contributed by atoms with Crippen LogP contribution in [0.5, 0.6) is 0 Å². The molecular formula is C14H18N4O2S. The van der Waals surface area contributed by atoms with Crippen LogP contribution in [0.3, 0.4) is 0 Å². The maximum atomic E-state index is 12.4. The molecule has 0 unspecified atom stereocenters. The van der Waals surface area contributed by atoms with Gasteiger partial charge in [-0.1, -0.05) is 18.2 Å². The Bertz CT molecular complexity index is 755. The van der Waals surface area contributed by atoms with E-state index in [0.29, 0.717) is 37.4 Å². The van der Waals surface area contributed by atoms with Gasteiger partial charge in [0, 0.05) is 37.3 Å². The van der Waals surface area contributed by atoms with Crippen molar-refractivity contribution in [2.75, 3.05) is 30.9 Å². The van der Waals surface area contributed by atoms with E-state index in [1.54, 1.807) is 6.07 Å². The van der Waals surface area contributed by atoms with E-state index < -0.39 is 10.2 Å². The van der Waals surface area contributed by atoms with Crippen molar-refractivity contribution < 1.29 is 8.42 Å². The quantitative estimate of drug-likeness (QED) is 0.891. The third-order valence-corrected chi connectivity index (χ3v) is 5.04. The van der Waals surface area contributed by atoms with Crippen LogP contribution in [0.15, 0.2) is 30.3 Å². The van der Waals surface area contributed by atoms with Crippen LogP contribution >= 0.6 is 0 Å². The van der Waals surface area contributed by atoms with E-state index >= 15 is 0 Å². The van der Waals surface area contributed by atoms with Gasteiger partial charge in [0.25, 0.3) is 0 Å². The lowest BCUT2D eigenvalue weighted by atomic mass is 10.2. The highest BCUT2D eigenvalue weighted by Crippen LogP contribution is 2.23. The van der Waals surface area contributed by atoms with E-state index in [4.69, 9.17) is 0 Å². The first-order valence-electron chi connectivity index (χ1n) is 6.91. The van der Waals surface area contributed by atoms with E-state index in [1.165, 1.54) is 4.31 Å². The fourth-order valence-electron chi connectivity index (χ4n) is 2.42. The summed E-state index contributed by atoms with van der Waals surface area (Å²) in [5.74, 6) is 0. The van der Waals surface area contributed by atoms with Gasteiger partial charge in [0.2, 0.25) is 0 Å². The zero-order chi connectivity index (χ0) is 14.9. The van der Waals surface area contributed by atoms with Crippen molar-refractivity contribution in [2.45, 2.75) is 6.92 Å². The Hall–Kier alpha value is -1.70. The van der Waals surface area contributed by atoms with Crippen LogP contribution in [0.25, 0.3) is 10.9 Å². The SMILES string of the molecule is Cc1ccc2cccc(NS(=O)(=O)N3CCNCC3)c2n1. The van der Waals surface area contributed by atoms with Crippen LogP contribution in [-0.4, -0.2) is 43.9 Å². The third-order valence-electron chi connectivity index (χ3n) is 3.51. The van der Waals surface area contributed by atoms with E-state index in [2.05, 4.69) is 15.0 Å². The number of piperazine rings is 1. The number of aryl methyl sites for hydroxylation is 1. The zero-order valence-electron chi connectivity index (χ0n) is 11.8. The molecule has 7 heteroatoms. The summed E-state index contributed by atoms with van der Waals surface area (Å²) < 4.78 is 29.0. The first-order chi connectivity index (χ1) is 10.1. The van der Waals surface area contributed by atoms with Crippen molar-refractivity contribution in [1.29, 1.82) is 0 Å². The molecule has 0 atom stereocenters. The number of hydrogen-bond acceptors (Lipinski definition) is 4. The van der Waals surface area contributed by atoms with Crippen molar-refractivity contribution >= 4 is 26.8 Å². The second-order valence-corrected chi connectivity index (χ2v) is 6.76. The lowest BCUT2D eigenvalue weighted by Crippen LogP contribution is -2.48. The largest absolute Gasteiger partial charge is 0.314 e. The molecule has 3 rings (SSSR count). The monoisotopic (exact) mass is 306 g/mol. The molecule has 0 saturated carbocycles. The number of fused-ring (bicyclic) bond motifs is 1. The molecule has 1 aliphatic heterocycles. The molecule has 6 nitrogen and oxygen atoms in total. The molecule has 2 heterocycles. The molecular weight excluding hydrogens is 288 g/mol. The van der Waals surface area contributed by atoms with Crippen molar-refractivity contribution in [1.82, 2.24) is 14.6 Å². The minimum absolute atomic E-state index is 0.479. The Balaban J connectivity index is 1.95. The number of hydrogen-bond donors (Lipinski definition) is 2. The summed E-state index contributed by atoms with van der Waals surface area (Å²) in [4.78, 5) is 4.45. The van der Waals surface area contributed by atoms with Crippen molar-refractivity contribution in [2.24, 2.45) is 0 Å². The highest BCUT2D eigenvalue weighted by atomic mass is 32.2. The number of anilines is 1. The first kappa shape index (κ1) is 14.2. The van der Waals surface area contributed by atoms with Gasteiger partial charge in [-0.15, -0.1) is 0 Å².